The van der Waals surface area contributed by atoms with Crippen LogP contribution in [0.3, 0.4) is 0 Å². The Morgan fingerprint density at radius 3 is 2.30 bits per heavy atom. The van der Waals surface area contributed by atoms with E-state index in [2.05, 4.69) is 11.8 Å². The average Bonchev–Trinajstić information content (AvgIpc) is 2.43. The minimum atomic E-state index is -0.760. The summed E-state index contributed by atoms with van der Waals surface area (Å²) in [6.07, 6.45) is 1.00. The van der Waals surface area contributed by atoms with Crippen LogP contribution in [0.25, 0.3) is 0 Å². The number of nitrogens with zero attached hydrogens (tertiary/aromatic N) is 2. The Morgan fingerprint density at radius 1 is 1.20 bits per heavy atom. The highest BCUT2D eigenvalue weighted by Gasteiger charge is 2.24. The molecular weight excluding hydrogens is 256 g/mol. The van der Waals surface area contributed by atoms with E-state index in [0.29, 0.717) is 6.04 Å². The van der Waals surface area contributed by atoms with Gasteiger partial charge in [0, 0.05) is 32.2 Å². The Labute approximate surface area is 119 Å². The van der Waals surface area contributed by atoms with Crippen LogP contribution in [-0.4, -0.2) is 58.7 Å². The summed E-state index contributed by atoms with van der Waals surface area (Å²) < 4.78 is 0. The predicted octanol–water partition coefficient (Wildman–Crippen LogP) is 1.55. The highest BCUT2D eigenvalue weighted by Crippen LogP contribution is 2.26. The van der Waals surface area contributed by atoms with Gasteiger partial charge in [0.1, 0.15) is 5.75 Å². The van der Waals surface area contributed by atoms with E-state index in [1.165, 1.54) is 5.56 Å². The molecule has 0 bridgehead atoms. The summed E-state index contributed by atoms with van der Waals surface area (Å²) in [7, 11) is 0. The number of hydrogen-bond acceptors (Lipinski definition) is 4. The lowest BCUT2D eigenvalue weighted by Crippen LogP contribution is -2.48. The fraction of sp³-hybridized carbons (Fsp3) is 0.533. The summed E-state index contributed by atoms with van der Waals surface area (Å²) >= 11 is 0. The Morgan fingerprint density at radius 2 is 1.80 bits per heavy atom. The molecule has 1 aromatic rings. The van der Waals surface area contributed by atoms with Crippen molar-refractivity contribution < 1.29 is 15.0 Å². The Kier molecular flexibility index (Phi) is 4.98. The second kappa shape index (κ2) is 6.72. The van der Waals surface area contributed by atoms with Crippen LogP contribution in [0.15, 0.2) is 24.3 Å². The monoisotopic (exact) mass is 278 g/mol. The average molecular weight is 278 g/mol. The molecule has 1 aliphatic heterocycles. The molecule has 0 aromatic heterocycles. The molecule has 0 amide bonds. The maximum atomic E-state index is 10.7. The summed E-state index contributed by atoms with van der Waals surface area (Å²) in [5.41, 5.74) is 1.21. The second-order valence-corrected chi connectivity index (χ2v) is 5.22. The van der Waals surface area contributed by atoms with Crippen molar-refractivity contribution in [1.29, 1.82) is 0 Å². The van der Waals surface area contributed by atoms with E-state index in [0.717, 1.165) is 32.6 Å². The number of aliphatic carboxylic acids is 1. The first-order valence-electron chi connectivity index (χ1n) is 7.07. The first kappa shape index (κ1) is 14.8. The normalized spacial score (nSPS) is 18.9. The van der Waals surface area contributed by atoms with Crippen molar-refractivity contribution in [2.45, 2.75) is 19.4 Å². The molecule has 20 heavy (non-hydrogen) atoms. The Balaban J connectivity index is 1.96. The highest BCUT2D eigenvalue weighted by molar-refractivity contribution is 5.69. The second-order valence-electron chi connectivity index (χ2n) is 5.22. The zero-order chi connectivity index (χ0) is 14.5. The van der Waals surface area contributed by atoms with Gasteiger partial charge in [0.2, 0.25) is 0 Å². The summed E-state index contributed by atoms with van der Waals surface area (Å²) in [6, 6.07) is 7.71. The van der Waals surface area contributed by atoms with Gasteiger partial charge in [0.25, 0.3) is 0 Å². The van der Waals surface area contributed by atoms with Crippen molar-refractivity contribution in [2.24, 2.45) is 0 Å². The van der Waals surface area contributed by atoms with E-state index in [-0.39, 0.29) is 12.3 Å². The molecule has 2 rings (SSSR count). The van der Waals surface area contributed by atoms with Gasteiger partial charge >= 0.3 is 5.97 Å². The molecule has 0 saturated carbocycles. The summed E-state index contributed by atoms with van der Waals surface area (Å²) in [6.45, 7) is 5.63. The third kappa shape index (κ3) is 3.71. The van der Waals surface area contributed by atoms with Crippen molar-refractivity contribution in [3.63, 3.8) is 0 Å². The number of benzene rings is 1. The van der Waals surface area contributed by atoms with E-state index >= 15 is 0 Å². The molecule has 1 atom stereocenters. The lowest BCUT2D eigenvalue weighted by atomic mass is 10.0. The zero-order valence-electron chi connectivity index (χ0n) is 11.8. The van der Waals surface area contributed by atoms with Crippen LogP contribution in [0.4, 0.5) is 0 Å². The van der Waals surface area contributed by atoms with Crippen molar-refractivity contribution in [3.05, 3.63) is 29.8 Å². The van der Waals surface area contributed by atoms with Gasteiger partial charge in [-0.15, -0.1) is 0 Å². The zero-order valence-corrected chi connectivity index (χ0v) is 11.8. The number of aromatic hydroxyl groups is 1. The molecule has 5 heteroatoms. The minimum absolute atomic E-state index is 0.129. The molecule has 0 aliphatic carbocycles. The van der Waals surface area contributed by atoms with Crippen molar-refractivity contribution >= 4 is 5.97 Å². The van der Waals surface area contributed by atoms with Gasteiger partial charge in [0.05, 0.1) is 6.54 Å². The number of carboxylic acids is 1. The summed E-state index contributed by atoms with van der Waals surface area (Å²) in [5.74, 6) is -0.473. The fourth-order valence-corrected chi connectivity index (χ4v) is 2.83. The molecule has 110 valence electrons. The van der Waals surface area contributed by atoms with Gasteiger partial charge in [-0.2, -0.15) is 0 Å². The number of carboxylic acid groups (broad SMARTS) is 1. The molecule has 1 aromatic carbocycles. The first-order valence-corrected chi connectivity index (χ1v) is 7.07. The maximum Gasteiger partial charge on any atom is 0.317 e. The molecule has 1 unspecified atom stereocenters. The lowest BCUT2D eigenvalue weighted by molar-refractivity contribution is -0.138. The number of phenols is 1. The van der Waals surface area contributed by atoms with Crippen LogP contribution in [-0.2, 0) is 4.79 Å². The number of rotatable bonds is 5. The highest BCUT2D eigenvalue weighted by atomic mass is 16.4. The predicted molar refractivity (Wildman–Crippen MR) is 76.8 cm³/mol. The quantitative estimate of drug-likeness (QED) is 0.855. The molecule has 5 nitrogen and oxygen atoms in total. The molecule has 0 spiro atoms. The van der Waals surface area contributed by atoms with Gasteiger partial charge in [-0.3, -0.25) is 14.6 Å². The van der Waals surface area contributed by atoms with Crippen molar-refractivity contribution in [3.8, 4) is 5.75 Å². The fourth-order valence-electron chi connectivity index (χ4n) is 2.83. The largest absolute Gasteiger partial charge is 0.508 e. The summed E-state index contributed by atoms with van der Waals surface area (Å²) in [4.78, 5) is 15.1. The number of phenolic OH excluding ortho intramolecular Hbond substituents is 1. The van der Waals surface area contributed by atoms with Crippen LogP contribution in [0.5, 0.6) is 5.75 Å². The van der Waals surface area contributed by atoms with Gasteiger partial charge < -0.3 is 10.2 Å². The van der Waals surface area contributed by atoms with Gasteiger partial charge in [0.15, 0.2) is 0 Å². The number of carbonyl (C=O) groups is 1. The van der Waals surface area contributed by atoms with E-state index in [4.69, 9.17) is 5.11 Å². The Hall–Kier alpha value is -1.59. The van der Waals surface area contributed by atoms with E-state index in [9.17, 15) is 9.90 Å². The standard InChI is InChI=1S/C15H22N2O3/c1-2-14(12-3-5-13(18)6-4-12)17-9-7-16(8-10-17)11-15(19)20/h3-6,14,18H,2,7-11H2,1H3,(H,19,20). The van der Waals surface area contributed by atoms with Gasteiger partial charge in [-0.25, -0.2) is 0 Å². The molecule has 1 fully saturated rings. The molecule has 1 heterocycles. The van der Waals surface area contributed by atoms with Crippen molar-refractivity contribution in [2.75, 3.05) is 32.7 Å². The van der Waals surface area contributed by atoms with Crippen LogP contribution < -0.4 is 0 Å². The van der Waals surface area contributed by atoms with E-state index in [1.807, 2.05) is 17.0 Å². The first-order chi connectivity index (χ1) is 9.60. The third-order valence-corrected chi connectivity index (χ3v) is 3.87. The lowest BCUT2D eigenvalue weighted by Gasteiger charge is -2.38. The molecule has 1 aliphatic rings. The molecular formula is C15H22N2O3. The topological polar surface area (TPSA) is 64.0 Å². The smallest absolute Gasteiger partial charge is 0.317 e. The molecule has 2 N–H and O–H groups in total. The van der Waals surface area contributed by atoms with E-state index < -0.39 is 5.97 Å². The third-order valence-electron chi connectivity index (χ3n) is 3.87. The van der Waals surface area contributed by atoms with Gasteiger partial charge in [-0.05, 0) is 24.1 Å². The summed E-state index contributed by atoms with van der Waals surface area (Å²) in [5, 5.41) is 18.2. The number of hydrogen-bond donors (Lipinski definition) is 2. The Bertz CT molecular complexity index is 439. The van der Waals surface area contributed by atoms with Crippen molar-refractivity contribution in [1.82, 2.24) is 9.80 Å². The van der Waals surface area contributed by atoms with Gasteiger partial charge in [-0.1, -0.05) is 19.1 Å². The van der Waals surface area contributed by atoms with Crippen LogP contribution >= 0.6 is 0 Å². The minimum Gasteiger partial charge on any atom is -0.508 e. The van der Waals surface area contributed by atoms with Crippen LogP contribution in [0.2, 0.25) is 0 Å². The molecule has 0 radical (unpaired) electrons. The maximum absolute atomic E-state index is 10.7. The molecule has 1 saturated heterocycles. The number of piperazine rings is 1. The van der Waals surface area contributed by atoms with Crippen LogP contribution in [0.1, 0.15) is 24.9 Å². The van der Waals surface area contributed by atoms with E-state index in [1.54, 1.807) is 12.1 Å². The van der Waals surface area contributed by atoms with Crippen LogP contribution in [0, 0.1) is 0 Å². The SMILES string of the molecule is CCC(c1ccc(O)cc1)N1CCN(CC(=O)O)CC1.